The number of hydrogen-bond donors (Lipinski definition) is 6. The number of amides is 1. The van der Waals surface area contributed by atoms with Crippen molar-refractivity contribution < 1.29 is 39.2 Å². The second-order valence-electron chi connectivity index (χ2n) is 9.80. The normalized spacial score (nSPS) is 27.8. The molecule has 0 bridgehead atoms. The number of oxazole rings is 1. The molecule has 1 heterocycles. The first-order valence-electron chi connectivity index (χ1n) is 11.4. The number of aliphatic hydroxyl groups is 3. The summed E-state index contributed by atoms with van der Waals surface area (Å²) in [6.07, 6.45) is 1.55. The van der Waals surface area contributed by atoms with Crippen molar-refractivity contribution in [2.45, 2.75) is 44.2 Å². The summed E-state index contributed by atoms with van der Waals surface area (Å²) in [5.74, 6) is -7.16. The number of aliphatic hydroxyl groups excluding tert-OH is 2. The van der Waals surface area contributed by atoms with Gasteiger partial charge >= 0.3 is 0 Å². The van der Waals surface area contributed by atoms with Crippen molar-refractivity contribution in [2.75, 3.05) is 0 Å². The zero-order valence-corrected chi connectivity index (χ0v) is 19.5. The van der Waals surface area contributed by atoms with Crippen molar-refractivity contribution in [3.8, 4) is 17.2 Å². The van der Waals surface area contributed by atoms with Crippen LogP contribution in [0.2, 0.25) is 0 Å². The molecule has 0 spiro atoms. The molecule has 11 heteroatoms. The smallest absolute Gasteiger partial charge is 0.255 e. The monoisotopic (exact) mass is 495 g/mol. The maximum absolute atomic E-state index is 13.6. The van der Waals surface area contributed by atoms with Crippen LogP contribution in [0, 0.1) is 11.8 Å². The second kappa shape index (κ2) is 7.77. The predicted octanol–water partition coefficient (Wildman–Crippen LogP) is 1.14. The summed E-state index contributed by atoms with van der Waals surface area (Å²) in [7, 11) is 0. The lowest BCUT2D eigenvalue weighted by Crippen LogP contribution is -2.65. The first kappa shape index (κ1) is 23.8. The van der Waals surface area contributed by atoms with Crippen molar-refractivity contribution in [2.24, 2.45) is 23.3 Å². The van der Waals surface area contributed by atoms with Gasteiger partial charge in [0.1, 0.15) is 29.1 Å². The molecule has 1 amide bonds. The lowest BCUT2D eigenvalue weighted by atomic mass is 9.57. The number of carbonyl (C=O) groups excluding carboxylic acids is 3. The van der Waals surface area contributed by atoms with Gasteiger partial charge in [0, 0.05) is 17.1 Å². The van der Waals surface area contributed by atoms with Crippen LogP contribution in [0.4, 0.5) is 0 Å². The Labute approximate surface area is 204 Å². The third-order valence-corrected chi connectivity index (χ3v) is 7.48. The number of primary amides is 1. The van der Waals surface area contributed by atoms with Crippen molar-refractivity contribution in [1.29, 1.82) is 0 Å². The Morgan fingerprint density at radius 2 is 1.92 bits per heavy atom. The fraction of sp³-hybridized carbons (Fsp3) is 0.360. The van der Waals surface area contributed by atoms with E-state index in [4.69, 9.17) is 15.9 Å². The summed E-state index contributed by atoms with van der Waals surface area (Å²) in [6.45, 7) is 3.90. The fourth-order valence-electron chi connectivity index (χ4n) is 5.59. The quantitative estimate of drug-likeness (QED) is 0.334. The average molecular weight is 495 g/mol. The lowest BCUT2D eigenvalue weighted by molar-refractivity contribution is -0.149. The number of carbonyl (C=O) groups is 3. The van der Waals surface area contributed by atoms with E-state index < -0.39 is 58.0 Å². The number of nitrogens with two attached hydrogens (primary N) is 2. The SMILES string of the molecule is CC(C)c1coc(-c2ccc(O)c3c2C[C@H]2C[C@H]4C(N)C(=O)C(C(N)=O)=C(O)[C@@]4(O)C(=O)C2=C3O)n1. The van der Waals surface area contributed by atoms with E-state index in [-0.39, 0.29) is 41.5 Å². The van der Waals surface area contributed by atoms with Crippen molar-refractivity contribution >= 4 is 23.2 Å². The Kier molecular flexibility index (Phi) is 5.13. The topological polar surface area (TPSA) is 210 Å². The van der Waals surface area contributed by atoms with E-state index in [9.17, 15) is 34.8 Å². The van der Waals surface area contributed by atoms with Crippen molar-refractivity contribution in [3.63, 3.8) is 0 Å². The summed E-state index contributed by atoms with van der Waals surface area (Å²) in [5, 5.41) is 43.9. The molecule has 2 aromatic rings. The van der Waals surface area contributed by atoms with E-state index in [1.807, 2.05) is 13.8 Å². The number of benzene rings is 1. The highest BCUT2D eigenvalue weighted by molar-refractivity contribution is 6.24. The molecule has 188 valence electrons. The Morgan fingerprint density at radius 3 is 2.53 bits per heavy atom. The van der Waals surface area contributed by atoms with E-state index in [1.165, 1.54) is 12.3 Å². The molecule has 4 atom stereocenters. The van der Waals surface area contributed by atoms with Gasteiger partial charge in [-0.15, -0.1) is 0 Å². The van der Waals surface area contributed by atoms with Gasteiger partial charge < -0.3 is 36.3 Å². The van der Waals surface area contributed by atoms with Gasteiger partial charge in [-0.25, -0.2) is 4.98 Å². The second-order valence-corrected chi connectivity index (χ2v) is 9.80. The predicted molar refractivity (Wildman–Crippen MR) is 124 cm³/mol. The zero-order valence-electron chi connectivity index (χ0n) is 19.5. The number of hydrogen-bond acceptors (Lipinski definition) is 10. The zero-order chi connectivity index (χ0) is 26.3. The molecule has 3 aliphatic carbocycles. The van der Waals surface area contributed by atoms with E-state index in [0.29, 0.717) is 16.8 Å². The maximum Gasteiger partial charge on any atom is 0.255 e. The number of nitrogens with zero attached hydrogens (tertiary/aromatic N) is 1. The number of phenolic OH excluding ortho intramolecular Hbond substituents is 1. The molecule has 0 aliphatic heterocycles. The van der Waals surface area contributed by atoms with E-state index in [2.05, 4.69) is 4.98 Å². The number of ketones is 2. The molecule has 0 radical (unpaired) electrons. The van der Waals surface area contributed by atoms with Gasteiger partial charge in [0.25, 0.3) is 5.91 Å². The highest BCUT2D eigenvalue weighted by atomic mass is 16.4. The van der Waals surface area contributed by atoms with Gasteiger partial charge in [-0.1, -0.05) is 13.8 Å². The largest absolute Gasteiger partial charge is 0.508 e. The third kappa shape index (κ3) is 2.99. The summed E-state index contributed by atoms with van der Waals surface area (Å²) in [4.78, 5) is 42.6. The van der Waals surface area contributed by atoms with Crippen molar-refractivity contribution in [1.82, 2.24) is 4.98 Å². The Morgan fingerprint density at radius 1 is 1.22 bits per heavy atom. The standard InChI is InChI=1S/C25H25N3O8/c1-8(2)13-7-36-24(28-13)10-3-4-14(29)16-11(10)5-9-6-12-18(26)20(31)17(23(27)34)22(33)25(12,35)21(32)15(9)19(16)30/h3-4,7-9,12,18,29-30,33,35H,5-6,26H2,1-2H3,(H2,27,34)/t9-,12-,18?,25-/m0/s1. The van der Waals surface area contributed by atoms with E-state index in [0.717, 1.165) is 0 Å². The molecule has 0 saturated heterocycles. The van der Waals surface area contributed by atoms with Crippen LogP contribution in [-0.4, -0.2) is 54.5 Å². The Bertz CT molecular complexity index is 1420. The van der Waals surface area contributed by atoms with E-state index >= 15 is 0 Å². The Hall–Kier alpha value is -3.96. The minimum atomic E-state index is -2.74. The fourth-order valence-corrected chi connectivity index (χ4v) is 5.59. The number of Topliss-reactive ketones (excluding diaryl/α,β-unsaturated/α-hetero) is 2. The number of fused-ring (bicyclic) bond motifs is 3. The first-order chi connectivity index (χ1) is 16.9. The Balaban J connectivity index is 1.70. The van der Waals surface area contributed by atoms with Gasteiger partial charge in [-0.05, 0) is 42.4 Å². The molecular weight excluding hydrogens is 470 g/mol. The highest BCUT2D eigenvalue weighted by Gasteiger charge is 2.63. The number of rotatable bonds is 3. The molecule has 36 heavy (non-hydrogen) atoms. The van der Waals surface area contributed by atoms with E-state index in [1.54, 1.807) is 6.07 Å². The molecule has 1 saturated carbocycles. The molecule has 11 nitrogen and oxygen atoms in total. The van der Waals surface area contributed by atoms with Gasteiger partial charge in [0.05, 0.1) is 17.3 Å². The van der Waals surface area contributed by atoms with Crippen LogP contribution in [0.1, 0.15) is 43.0 Å². The van der Waals surface area contributed by atoms with Crippen LogP contribution < -0.4 is 11.5 Å². The van der Waals surface area contributed by atoms with Crippen molar-refractivity contribution in [3.05, 3.63) is 52.1 Å². The van der Waals surface area contributed by atoms with Crippen LogP contribution in [0.5, 0.6) is 5.75 Å². The summed E-state index contributed by atoms with van der Waals surface area (Å²) >= 11 is 0. The lowest BCUT2D eigenvalue weighted by Gasteiger charge is -2.48. The van der Waals surface area contributed by atoms with Gasteiger partial charge in [0.15, 0.2) is 11.4 Å². The molecule has 1 fully saturated rings. The van der Waals surface area contributed by atoms with Crippen LogP contribution in [0.15, 0.2) is 39.7 Å². The van der Waals surface area contributed by atoms with Crippen LogP contribution in [-0.2, 0) is 20.8 Å². The summed E-state index contributed by atoms with van der Waals surface area (Å²) < 4.78 is 5.65. The highest BCUT2D eigenvalue weighted by Crippen LogP contribution is 2.52. The summed E-state index contributed by atoms with van der Waals surface area (Å²) in [5.41, 5.74) is 8.95. The number of aromatic hydroxyl groups is 1. The molecular formula is C25H25N3O8. The molecule has 3 aliphatic rings. The third-order valence-electron chi connectivity index (χ3n) is 7.48. The minimum absolute atomic E-state index is 0.0341. The molecule has 1 aromatic heterocycles. The van der Waals surface area contributed by atoms with Crippen LogP contribution >= 0.6 is 0 Å². The van der Waals surface area contributed by atoms with Crippen LogP contribution in [0.25, 0.3) is 17.2 Å². The average Bonchev–Trinajstić information content (AvgIpc) is 3.30. The van der Waals surface area contributed by atoms with Gasteiger partial charge in [-0.3, -0.25) is 14.4 Å². The molecule has 1 aromatic carbocycles. The van der Waals surface area contributed by atoms with Crippen LogP contribution in [0.3, 0.4) is 0 Å². The first-order valence-corrected chi connectivity index (χ1v) is 11.4. The minimum Gasteiger partial charge on any atom is -0.508 e. The molecule has 8 N–H and O–H groups in total. The number of aromatic nitrogens is 1. The maximum atomic E-state index is 13.6. The summed E-state index contributed by atoms with van der Waals surface area (Å²) in [6, 6.07) is 1.42. The number of phenols is 1. The molecule has 1 unspecified atom stereocenters. The molecule has 5 rings (SSSR count). The van der Waals surface area contributed by atoms with Gasteiger partial charge in [-0.2, -0.15) is 0 Å². The van der Waals surface area contributed by atoms with Gasteiger partial charge in [0.2, 0.25) is 11.7 Å².